The number of amides is 2. The Morgan fingerprint density at radius 2 is 1.84 bits per heavy atom. The van der Waals surface area contributed by atoms with Crippen molar-refractivity contribution in [2.75, 3.05) is 19.6 Å². The minimum Gasteiger partial charge on any atom is -0.454 e. The molecule has 6 nitrogen and oxygen atoms in total. The topological polar surface area (TPSA) is 58.7 Å². The second-order valence-electron chi connectivity index (χ2n) is 8.99. The molecule has 0 N–H and O–H groups in total. The van der Waals surface area contributed by atoms with Crippen LogP contribution in [0.4, 0.5) is 0 Å². The maximum absolute atomic E-state index is 13.0. The van der Waals surface area contributed by atoms with E-state index in [9.17, 15) is 9.59 Å². The van der Waals surface area contributed by atoms with Crippen molar-refractivity contribution in [3.8, 4) is 0 Å². The molecule has 0 spiro atoms. The molecule has 1 saturated heterocycles. The van der Waals surface area contributed by atoms with Crippen LogP contribution in [0.5, 0.6) is 0 Å². The van der Waals surface area contributed by atoms with Crippen molar-refractivity contribution in [2.45, 2.75) is 71.4 Å². The summed E-state index contributed by atoms with van der Waals surface area (Å²) < 4.78 is 8.04. The molecular weight excluding hydrogens is 390 g/mol. The number of nitrogens with zero attached hydrogens (tertiary/aromatic N) is 3. The van der Waals surface area contributed by atoms with E-state index in [0.29, 0.717) is 24.8 Å². The van der Waals surface area contributed by atoms with Gasteiger partial charge in [0.05, 0.1) is 13.1 Å². The number of piperidine rings is 1. The van der Waals surface area contributed by atoms with Gasteiger partial charge in [-0.2, -0.15) is 0 Å². The average Bonchev–Trinajstić information content (AvgIpc) is 3.56. The zero-order valence-corrected chi connectivity index (χ0v) is 18.7. The van der Waals surface area contributed by atoms with Crippen molar-refractivity contribution >= 4 is 11.8 Å². The summed E-state index contributed by atoms with van der Waals surface area (Å²) in [6, 6.07) is 7.78. The fourth-order valence-electron chi connectivity index (χ4n) is 4.91. The Kier molecular flexibility index (Phi) is 7.15. The number of hydrogen-bond donors (Lipinski definition) is 0. The van der Waals surface area contributed by atoms with Crippen molar-refractivity contribution in [3.63, 3.8) is 0 Å². The van der Waals surface area contributed by atoms with Gasteiger partial charge in [0.15, 0.2) is 5.76 Å². The van der Waals surface area contributed by atoms with Crippen LogP contribution in [0.1, 0.15) is 80.3 Å². The summed E-state index contributed by atoms with van der Waals surface area (Å²) in [6.45, 7) is 5.73. The third-order valence-corrected chi connectivity index (χ3v) is 6.63. The highest BCUT2D eigenvalue weighted by Gasteiger charge is 2.27. The fraction of sp³-hybridized carbons (Fsp3) is 0.600. The standard InChI is InChI=1S/C25H35N3O3/c1-2-14-28(24(29)20-9-4-5-10-20)18-21-11-8-17-27(21)19-22-12-13-23(31-22)25(30)26-15-6-3-7-16-26/h8,11-13,17,20H,2-7,9-10,14-16,18-19H2,1H3. The van der Waals surface area contributed by atoms with E-state index in [-0.39, 0.29) is 11.8 Å². The lowest BCUT2D eigenvalue weighted by Crippen LogP contribution is -2.36. The van der Waals surface area contributed by atoms with Gasteiger partial charge in [-0.25, -0.2) is 0 Å². The van der Waals surface area contributed by atoms with E-state index in [1.807, 2.05) is 28.1 Å². The summed E-state index contributed by atoms with van der Waals surface area (Å²) in [6.07, 6.45) is 10.7. The van der Waals surface area contributed by atoms with E-state index in [2.05, 4.69) is 17.6 Å². The number of hydrogen-bond acceptors (Lipinski definition) is 3. The first-order valence-electron chi connectivity index (χ1n) is 12.0. The molecule has 0 bridgehead atoms. The predicted molar refractivity (Wildman–Crippen MR) is 120 cm³/mol. The Morgan fingerprint density at radius 3 is 2.58 bits per heavy atom. The highest BCUT2D eigenvalue weighted by Crippen LogP contribution is 2.27. The highest BCUT2D eigenvalue weighted by atomic mass is 16.4. The van der Waals surface area contributed by atoms with Crippen LogP contribution in [0.3, 0.4) is 0 Å². The molecule has 4 rings (SSSR count). The van der Waals surface area contributed by atoms with Crippen LogP contribution in [-0.2, 0) is 17.9 Å². The smallest absolute Gasteiger partial charge is 0.289 e. The van der Waals surface area contributed by atoms with E-state index in [0.717, 1.165) is 63.2 Å². The third kappa shape index (κ3) is 5.23. The first-order valence-corrected chi connectivity index (χ1v) is 12.0. The Hall–Kier alpha value is -2.50. The number of carbonyl (C=O) groups excluding carboxylic acids is 2. The Balaban J connectivity index is 1.41. The van der Waals surface area contributed by atoms with Crippen molar-refractivity contribution in [1.29, 1.82) is 0 Å². The van der Waals surface area contributed by atoms with Crippen LogP contribution in [0.15, 0.2) is 34.9 Å². The summed E-state index contributed by atoms with van der Waals surface area (Å²) in [5, 5.41) is 0. The summed E-state index contributed by atoms with van der Waals surface area (Å²) in [4.78, 5) is 29.6. The van der Waals surface area contributed by atoms with Gasteiger partial charge in [-0.05, 0) is 62.8 Å². The van der Waals surface area contributed by atoms with Crippen molar-refractivity contribution in [1.82, 2.24) is 14.4 Å². The summed E-state index contributed by atoms with van der Waals surface area (Å²) in [7, 11) is 0. The zero-order valence-electron chi connectivity index (χ0n) is 18.7. The van der Waals surface area contributed by atoms with Crippen LogP contribution in [0.2, 0.25) is 0 Å². The summed E-state index contributed by atoms with van der Waals surface area (Å²) in [5.41, 5.74) is 1.10. The monoisotopic (exact) mass is 425 g/mol. The highest BCUT2D eigenvalue weighted by molar-refractivity contribution is 5.91. The van der Waals surface area contributed by atoms with Gasteiger partial charge in [-0.15, -0.1) is 0 Å². The van der Waals surface area contributed by atoms with Gasteiger partial charge in [0.25, 0.3) is 5.91 Å². The molecule has 2 aromatic heterocycles. The van der Waals surface area contributed by atoms with Crippen molar-refractivity contribution in [2.24, 2.45) is 5.92 Å². The second kappa shape index (κ2) is 10.2. The molecular formula is C25H35N3O3. The third-order valence-electron chi connectivity index (χ3n) is 6.63. The van der Waals surface area contributed by atoms with Gasteiger partial charge in [0.1, 0.15) is 5.76 Å². The molecule has 6 heteroatoms. The minimum atomic E-state index is -0.00467. The first kappa shape index (κ1) is 21.7. The molecule has 2 fully saturated rings. The van der Waals surface area contributed by atoms with Gasteiger partial charge in [0.2, 0.25) is 5.91 Å². The number of rotatable bonds is 8. The van der Waals surface area contributed by atoms with Crippen LogP contribution < -0.4 is 0 Å². The van der Waals surface area contributed by atoms with Gasteiger partial charge in [-0.3, -0.25) is 9.59 Å². The maximum atomic E-state index is 13.0. The van der Waals surface area contributed by atoms with Gasteiger partial charge >= 0.3 is 0 Å². The van der Waals surface area contributed by atoms with Crippen LogP contribution in [-0.4, -0.2) is 45.8 Å². The van der Waals surface area contributed by atoms with Gasteiger partial charge in [-0.1, -0.05) is 19.8 Å². The molecule has 31 heavy (non-hydrogen) atoms. The lowest BCUT2D eigenvalue weighted by atomic mass is 10.1. The van der Waals surface area contributed by atoms with Crippen LogP contribution in [0.25, 0.3) is 0 Å². The van der Waals surface area contributed by atoms with E-state index >= 15 is 0 Å². The molecule has 168 valence electrons. The van der Waals surface area contributed by atoms with E-state index in [1.54, 1.807) is 6.07 Å². The quantitative estimate of drug-likeness (QED) is 0.617. The largest absolute Gasteiger partial charge is 0.454 e. The fourth-order valence-corrected chi connectivity index (χ4v) is 4.91. The van der Waals surface area contributed by atoms with Gasteiger partial charge < -0.3 is 18.8 Å². The molecule has 0 atom stereocenters. The molecule has 0 aromatic carbocycles. The maximum Gasteiger partial charge on any atom is 0.289 e. The molecule has 2 aliphatic rings. The molecule has 0 unspecified atom stereocenters. The van der Waals surface area contributed by atoms with Crippen LogP contribution in [0, 0.1) is 5.92 Å². The Bertz CT molecular complexity index is 872. The number of aromatic nitrogens is 1. The zero-order chi connectivity index (χ0) is 21.6. The molecule has 1 saturated carbocycles. The SMILES string of the molecule is CCCN(Cc1cccn1Cc1ccc(C(=O)N2CCCCC2)o1)C(=O)C1CCCC1. The normalized spacial score (nSPS) is 17.3. The average molecular weight is 426 g/mol. The molecule has 3 heterocycles. The number of furan rings is 1. The molecule has 1 aliphatic heterocycles. The Labute approximate surface area is 185 Å². The number of carbonyl (C=O) groups is 2. The van der Waals surface area contributed by atoms with E-state index in [1.165, 1.54) is 19.3 Å². The molecule has 2 aromatic rings. The van der Waals surface area contributed by atoms with Crippen molar-refractivity contribution in [3.05, 3.63) is 47.7 Å². The Morgan fingerprint density at radius 1 is 1.06 bits per heavy atom. The molecule has 2 amide bonds. The van der Waals surface area contributed by atoms with E-state index in [4.69, 9.17) is 4.42 Å². The molecule has 0 radical (unpaired) electrons. The van der Waals surface area contributed by atoms with E-state index < -0.39 is 0 Å². The molecule has 1 aliphatic carbocycles. The van der Waals surface area contributed by atoms with Crippen molar-refractivity contribution < 1.29 is 14.0 Å². The lowest BCUT2D eigenvalue weighted by Gasteiger charge is -2.26. The van der Waals surface area contributed by atoms with Gasteiger partial charge in [0, 0.05) is 37.4 Å². The number of likely N-dealkylation sites (tertiary alicyclic amines) is 1. The first-order chi connectivity index (χ1) is 15.2. The summed E-state index contributed by atoms with van der Waals surface area (Å²) >= 11 is 0. The summed E-state index contributed by atoms with van der Waals surface area (Å²) in [5.74, 6) is 1.69. The van der Waals surface area contributed by atoms with Crippen LogP contribution >= 0.6 is 0 Å². The predicted octanol–water partition coefficient (Wildman–Crippen LogP) is 4.68. The lowest BCUT2D eigenvalue weighted by molar-refractivity contribution is -0.136. The minimum absolute atomic E-state index is 0.00467. The second-order valence-corrected chi connectivity index (χ2v) is 8.99.